The highest BCUT2D eigenvalue weighted by molar-refractivity contribution is 6.30. The lowest BCUT2D eigenvalue weighted by Crippen LogP contribution is -2.21. The first-order valence-corrected chi connectivity index (χ1v) is 6.55. The van der Waals surface area contributed by atoms with Crippen LogP contribution in [0, 0.1) is 5.82 Å². The summed E-state index contributed by atoms with van der Waals surface area (Å²) in [6, 6.07) is 9.45. The summed E-state index contributed by atoms with van der Waals surface area (Å²) >= 11 is 5.64. The molecule has 5 nitrogen and oxygen atoms in total. The van der Waals surface area contributed by atoms with Gasteiger partial charge < -0.3 is 15.2 Å². The van der Waals surface area contributed by atoms with Crippen molar-refractivity contribution in [3.05, 3.63) is 58.9 Å². The van der Waals surface area contributed by atoms with E-state index >= 15 is 0 Å². The second-order valence-electron chi connectivity index (χ2n) is 4.27. The molecule has 2 aromatic rings. The summed E-state index contributed by atoms with van der Waals surface area (Å²) in [5.74, 6) is -2.55. The van der Waals surface area contributed by atoms with E-state index in [-0.39, 0.29) is 22.0 Å². The van der Waals surface area contributed by atoms with Crippen molar-refractivity contribution in [2.45, 2.75) is 0 Å². The van der Waals surface area contributed by atoms with Gasteiger partial charge in [0, 0.05) is 5.02 Å². The van der Waals surface area contributed by atoms with Gasteiger partial charge in [0.1, 0.15) is 17.1 Å². The molecule has 0 unspecified atom stereocenters. The van der Waals surface area contributed by atoms with E-state index < -0.39 is 24.3 Å². The quantitative estimate of drug-likeness (QED) is 0.848. The third-order valence-corrected chi connectivity index (χ3v) is 2.90. The Morgan fingerprint density at radius 1 is 1.23 bits per heavy atom. The molecule has 0 atom stereocenters. The number of halogens is 2. The van der Waals surface area contributed by atoms with Gasteiger partial charge in [-0.25, -0.2) is 9.18 Å². The molecule has 0 spiro atoms. The molecular weight excluding hydrogens is 313 g/mol. The fourth-order valence-corrected chi connectivity index (χ4v) is 1.80. The predicted molar refractivity (Wildman–Crippen MR) is 78.4 cm³/mol. The van der Waals surface area contributed by atoms with Crippen molar-refractivity contribution in [3.63, 3.8) is 0 Å². The second kappa shape index (κ2) is 6.91. The number of carbonyl (C=O) groups excluding carboxylic acids is 2. The van der Waals surface area contributed by atoms with Crippen molar-refractivity contribution in [2.24, 2.45) is 0 Å². The van der Waals surface area contributed by atoms with Gasteiger partial charge in [-0.05, 0) is 30.3 Å². The number of nitrogens with one attached hydrogen (secondary N) is 1. The van der Waals surface area contributed by atoms with Crippen molar-refractivity contribution in [1.82, 2.24) is 0 Å². The summed E-state index contributed by atoms with van der Waals surface area (Å²) in [5, 5.41) is 12.1. The third-order valence-electron chi connectivity index (χ3n) is 2.66. The molecule has 22 heavy (non-hydrogen) atoms. The van der Waals surface area contributed by atoms with Gasteiger partial charge in [0.2, 0.25) is 0 Å². The smallest absolute Gasteiger partial charge is 0.342 e. The maximum absolute atomic E-state index is 13.3. The molecule has 0 aliphatic heterocycles. The number of phenolic OH excluding ortho intramolecular Hbond substituents is 1. The second-order valence-corrected chi connectivity index (χ2v) is 4.70. The molecule has 7 heteroatoms. The maximum atomic E-state index is 13.3. The van der Waals surface area contributed by atoms with Crippen molar-refractivity contribution >= 4 is 29.2 Å². The van der Waals surface area contributed by atoms with Crippen LogP contribution in [0.1, 0.15) is 10.4 Å². The number of rotatable bonds is 4. The molecule has 2 aromatic carbocycles. The zero-order valence-electron chi connectivity index (χ0n) is 11.2. The number of aromatic hydroxyl groups is 1. The number of para-hydroxylation sites is 1. The van der Waals surface area contributed by atoms with Gasteiger partial charge in [-0.3, -0.25) is 4.79 Å². The van der Waals surface area contributed by atoms with Crippen molar-refractivity contribution < 1.29 is 23.8 Å². The highest BCUT2D eigenvalue weighted by atomic mass is 35.5. The minimum Gasteiger partial charge on any atom is -0.507 e. The van der Waals surface area contributed by atoms with Crippen LogP contribution in [0.2, 0.25) is 5.02 Å². The monoisotopic (exact) mass is 323 g/mol. The predicted octanol–water partition coefficient (Wildman–Crippen LogP) is 2.98. The summed E-state index contributed by atoms with van der Waals surface area (Å²) in [4.78, 5) is 23.3. The Bertz CT molecular complexity index is 720. The number of anilines is 1. The first kappa shape index (κ1) is 15.8. The molecule has 0 aromatic heterocycles. The van der Waals surface area contributed by atoms with E-state index in [4.69, 9.17) is 16.3 Å². The van der Waals surface area contributed by atoms with E-state index in [1.54, 1.807) is 6.07 Å². The number of amides is 1. The van der Waals surface area contributed by atoms with Crippen molar-refractivity contribution in [2.75, 3.05) is 11.9 Å². The molecule has 0 radical (unpaired) electrons. The fourth-order valence-electron chi connectivity index (χ4n) is 1.64. The zero-order chi connectivity index (χ0) is 16.1. The summed E-state index contributed by atoms with van der Waals surface area (Å²) in [7, 11) is 0. The van der Waals surface area contributed by atoms with E-state index in [0.717, 1.165) is 0 Å². The average Bonchev–Trinajstić information content (AvgIpc) is 2.47. The van der Waals surface area contributed by atoms with E-state index in [9.17, 15) is 19.1 Å². The van der Waals surface area contributed by atoms with Gasteiger partial charge in [0.25, 0.3) is 5.91 Å². The van der Waals surface area contributed by atoms with E-state index in [1.807, 2.05) is 0 Å². The molecular formula is C15H11ClFNO4. The SMILES string of the molecule is O=C(COC(=O)c1ccc(Cl)cc1O)Nc1ccccc1F. The molecule has 0 aliphatic rings. The Kier molecular flexibility index (Phi) is 4.95. The van der Waals surface area contributed by atoms with Gasteiger partial charge >= 0.3 is 5.97 Å². The molecule has 2 N–H and O–H groups in total. The summed E-state index contributed by atoms with van der Waals surface area (Å²) in [5.41, 5.74) is -0.138. The van der Waals surface area contributed by atoms with Gasteiger partial charge in [-0.15, -0.1) is 0 Å². The lowest BCUT2D eigenvalue weighted by atomic mass is 10.2. The van der Waals surface area contributed by atoms with Crippen LogP contribution in [0.3, 0.4) is 0 Å². The van der Waals surface area contributed by atoms with Gasteiger partial charge in [-0.2, -0.15) is 0 Å². The summed E-state index contributed by atoms with van der Waals surface area (Å²) in [6.45, 7) is -0.616. The number of carbonyl (C=O) groups is 2. The first-order chi connectivity index (χ1) is 10.5. The van der Waals surface area contributed by atoms with Gasteiger partial charge in [0.15, 0.2) is 6.61 Å². The Morgan fingerprint density at radius 2 is 1.95 bits per heavy atom. The Hall–Kier alpha value is -2.60. The van der Waals surface area contributed by atoms with Crippen LogP contribution in [-0.2, 0) is 9.53 Å². The molecule has 0 saturated carbocycles. The van der Waals surface area contributed by atoms with Crippen molar-refractivity contribution in [1.29, 1.82) is 0 Å². The normalized spacial score (nSPS) is 10.1. The highest BCUT2D eigenvalue weighted by Gasteiger charge is 2.15. The third kappa shape index (κ3) is 3.95. The fraction of sp³-hybridized carbons (Fsp3) is 0.0667. The molecule has 0 saturated heterocycles. The summed E-state index contributed by atoms with van der Waals surface area (Å²) in [6.07, 6.45) is 0. The Labute approximate surface area is 130 Å². The number of esters is 1. The highest BCUT2D eigenvalue weighted by Crippen LogP contribution is 2.22. The lowest BCUT2D eigenvalue weighted by molar-refractivity contribution is -0.119. The molecule has 0 heterocycles. The van der Waals surface area contributed by atoms with E-state index in [0.29, 0.717) is 0 Å². The van der Waals surface area contributed by atoms with Crippen LogP contribution < -0.4 is 5.32 Å². The molecule has 1 amide bonds. The standard InChI is InChI=1S/C15H11ClFNO4/c16-9-5-6-10(13(19)7-9)15(21)22-8-14(20)18-12-4-2-1-3-11(12)17/h1-7,19H,8H2,(H,18,20). The van der Waals surface area contributed by atoms with Crippen LogP contribution in [0.25, 0.3) is 0 Å². The lowest BCUT2D eigenvalue weighted by Gasteiger charge is -2.08. The van der Waals surface area contributed by atoms with Crippen LogP contribution in [0.4, 0.5) is 10.1 Å². The molecule has 0 fully saturated rings. The Morgan fingerprint density at radius 3 is 2.64 bits per heavy atom. The number of ether oxygens (including phenoxy) is 1. The van der Waals surface area contributed by atoms with Crippen LogP contribution in [0.15, 0.2) is 42.5 Å². The number of benzene rings is 2. The molecule has 0 aliphatic carbocycles. The van der Waals surface area contributed by atoms with Gasteiger partial charge in [-0.1, -0.05) is 23.7 Å². The zero-order valence-corrected chi connectivity index (χ0v) is 11.9. The van der Waals surface area contributed by atoms with Crippen LogP contribution >= 0.6 is 11.6 Å². The average molecular weight is 324 g/mol. The number of hydrogen-bond acceptors (Lipinski definition) is 4. The van der Waals surface area contributed by atoms with Crippen molar-refractivity contribution in [3.8, 4) is 5.75 Å². The molecule has 114 valence electrons. The van der Waals surface area contributed by atoms with Crippen LogP contribution in [0.5, 0.6) is 5.75 Å². The first-order valence-electron chi connectivity index (χ1n) is 6.17. The minimum absolute atomic E-state index is 0.0158. The molecule has 2 rings (SSSR count). The molecule has 0 bridgehead atoms. The van der Waals surface area contributed by atoms with E-state index in [1.165, 1.54) is 36.4 Å². The topological polar surface area (TPSA) is 75.6 Å². The van der Waals surface area contributed by atoms with E-state index in [2.05, 4.69) is 5.32 Å². The maximum Gasteiger partial charge on any atom is 0.342 e. The summed E-state index contributed by atoms with van der Waals surface area (Å²) < 4.78 is 18.1. The Balaban J connectivity index is 1.93. The minimum atomic E-state index is -0.891. The van der Waals surface area contributed by atoms with Gasteiger partial charge in [0.05, 0.1) is 5.69 Å². The number of hydrogen-bond donors (Lipinski definition) is 2. The van der Waals surface area contributed by atoms with Crippen LogP contribution in [-0.4, -0.2) is 23.6 Å². The largest absolute Gasteiger partial charge is 0.507 e. The number of phenols is 1.